The van der Waals surface area contributed by atoms with Crippen LogP contribution in [0.1, 0.15) is 44.4 Å². The number of hydrogen-bond donors (Lipinski definition) is 1. The summed E-state index contributed by atoms with van der Waals surface area (Å²) in [5, 5.41) is 10.6. The lowest BCUT2D eigenvalue weighted by atomic mass is 10.1. The van der Waals surface area contributed by atoms with Gasteiger partial charge in [0, 0.05) is 5.56 Å². The number of thiazole rings is 1. The van der Waals surface area contributed by atoms with Crippen LogP contribution in [0.4, 0.5) is 0 Å². The second-order valence-corrected chi connectivity index (χ2v) is 7.07. The fourth-order valence-corrected chi connectivity index (χ4v) is 3.65. The van der Waals surface area contributed by atoms with E-state index in [0.717, 1.165) is 26.4 Å². The lowest BCUT2D eigenvalue weighted by Crippen LogP contribution is -1.78. The highest BCUT2D eigenvalue weighted by molar-refractivity contribution is 7.21. The first-order valence-electron chi connectivity index (χ1n) is 10.1. The number of fused-ring (bicyclic) bond motifs is 1. The zero-order chi connectivity index (χ0) is 21.2. The zero-order valence-corrected chi connectivity index (χ0v) is 18.6. The molecule has 3 heteroatoms. The van der Waals surface area contributed by atoms with Gasteiger partial charge < -0.3 is 5.11 Å². The number of rotatable bonds is 3. The van der Waals surface area contributed by atoms with Gasteiger partial charge in [-0.1, -0.05) is 93.9 Å². The second-order valence-electron chi connectivity index (χ2n) is 6.04. The van der Waals surface area contributed by atoms with E-state index in [9.17, 15) is 5.11 Å². The summed E-state index contributed by atoms with van der Waals surface area (Å²) in [6, 6.07) is 22.1. The Bertz CT molecular complexity index is 1040. The van der Waals surface area contributed by atoms with E-state index in [1.807, 2.05) is 33.8 Å². The van der Waals surface area contributed by atoms with Crippen molar-refractivity contribution in [3.05, 3.63) is 83.4 Å². The van der Waals surface area contributed by atoms with Gasteiger partial charge in [0.05, 0.1) is 10.2 Å². The van der Waals surface area contributed by atoms with Crippen LogP contribution in [-0.4, -0.2) is 10.1 Å². The molecule has 0 aliphatic heterocycles. The molecule has 29 heavy (non-hydrogen) atoms. The van der Waals surface area contributed by atoms with E-state index < -0.39 is 0 Å². The van der Waals surface area contributed by atoms with Crippen LogP contribution in [0.15, 0.2) is 66.7 Å². The minimum atomic E-state index is 0.277. The molecule has 0 fully saturated rings. The standard InChI is InChI=1S/C22H17NOS.2C2H6/c1-15-2-4-16(5-3-15)6-7-17-8-10-18(11-9-17)22-23-20-13-12-19(24)14-21(20)25-22;2*1-2/h2-14,24H,1H3;2*1-2H3/b7-6+;;. The molecule has 4 rings (SSSR count). The van der Waals surface area contributed by atoms with Gasteiger partial charge >= 0.3 is 0 Å². The largest absolute Gasteiger partial charge is 0.508 e. The summed E-state index contributed by atoms with van der Waals surface area (Å²) >= 11 is 1.59. The maximum atomic E-state index is 9.59. The van der Waals surface area contributed by atoms with Crippen molar-refractivity contribution < 1.29 is 5.11 Å². The molecule has 1 heterocycles. The predicted octanol–water partition coefficient (Wildman–Crippen LogP) is 8.20. The number of aromatic hydroxyl groups is 1. The number of phenols is 1. The van der Waals surface area contributed by atoms with Gasteiger partial charge in [-0.25, -0.2) is 4.98 Å². The van der Waals surface area contributed by atoms with Gasteiger partial charge in [0.1, 0.15) is 10.8 Å². The Balaban J connectivity index is 0.000000707. The van der Waals surface area contributed by atoms with Crippen LogP contribution in [-0.2, 0) is 0 Å². The summed E-state index contributed by atoms with van der Waals surface area (Å²) in [7, 11) is 0. The molecule has 0 saturated heterocycles. The molecule has 0 aliphatic rings. The Kier molecular flexibility index (Phi) is 8.63. The van der Waals surface area contributed by atoms with Crippen LogP contribution in [0.25, 0.3) is 32.9 Å². The van der Waals surface area contributed by atoms with E-state index in [-0.39, 0.29) is 5.75 Å². The Hall–Kier alpha value is -2.91. The minimum Gasteiger partial charge on any atom is -0.508 e. The Morgan fingerprint density at radius 1 is 0.759 bits per heavy atom. The number of nitrogens with zero attached hydrogens (tertiary/aromatic N) is 1. The number of phenolic OH excluding ortho intramolecular Hbond substituents is 1. The minimum absolute atomic E-state index is 0.277. The van der Waals surface area contributed by atoms with Crippen LogP contribution in [0.5, 0.6) is 5.75 Å². The van der Waals surface area contributed by atoms with Crippen molar-refractivity contribution in [1.82, 2.24) is 4.98 Å². The third kappa shape index (κ3) is 6.03. The van der Waals surface area contributed by atoms with E-state index in [1.54, 1.807) is 23.5 Å². The number of hydrogen-bond acceptors (Lipinski definition) is 3. The summed E-state index contributed by atoms with van der Waals surface area (Å²) < 4.78 is 0.998. The van der Waals surface area contributed by atoms with E-state index in [2.05, 4.69) is 72.6 Å². The Labute approximate surface area is 178 Å². The maximum Gasteiger partial charge on any atom is 0.124 e. The van der Waals surface area contributed by atoms with Crippen LogP contribution in [0.2, 0.25) is 0 Å². The van der Waals surface area contributed by atoms with Gasteiger partial charge in [-0.2, -0.15) is 0 Å². The monoisotopic (exact) mass is 403 g/mol. The van der Waals surface area contributed by atoms with E-state index in [4.69, 9.17) is 0 Å². The number of aromatic nitrogens is 1. The highest BCUT2D eigenvalue weighted by Crippen LogP contribution is 2.32. The summed E-state index contributed by atoms with van der Waals surface area (Å²) in [5.74, 6) is 0.277. The molecular formula is C26H29NOS. The molecule has 0 radical (unpaired) electrons. The van der Waals surface area contributed by atoms with E-state index >= 15 is 0 Å². The molecule has 0 atom stereocenters. The van der Waals surface area contributed by atoms with E-state index in [1.165, 1.54) is 11.1 Å². The normalized spacial score (nSPS) is 10.2. The molecule has 0 spiro atoms. The fourth-order valence-electron chi connectivity index (χ4n) is 2.64. The van der Waals surface area contributed by atoms with E-state index in [0.29, 0.717) is 0 Å². The SMILES string of the molecule is CC.CC.Cc1ccc(/C=C/c2ccc(-c3nc4ccc(O)cc4s3)cc2)cc1. The van der Waals surface area contributed by atoms with Gasteiger partial charge in [-0.15, -0.1) is 11.3 Å². The van der Waals surface area contributed by atoms with Crippen molar-refractivity contribution in [2.75, 3.05) is 0 Å². The Morgan fingerprint density at radius 3 is 1.90 bits per heavy atom. The van der Waals surface area contributed by atoms with Crippen LogP contribution < -0.4 is 0 Å². The topological polar surface area (TPSA) is 33.1 Å². The van der Waals surface area contributed by atoms with Crippen molar-refractivity contribution in [1.29, 1.82) is 0 Å². The number of benzene rings is 3. The van der Waals surface area contributed by atoms with Gasteiger partial charge in [-0.3, -0.25) is 0 Å². The molecule has 1 N–H and O–H groups in total. The van der Waals surface area contributed by atoms with Gasteiger partial charge in [0.2, 0.25) is 0 Å². The lowest BCUT2D eigenvalue weighted by molar-refractivity contribution is 0.476. The number of aryl methyl sites for hydroxylation is 1. The van der Waals surface area contributed by atoms with Crippen LogP contribution in [0, 0.1) is 6.92 Å². The first kappa shape index (κ1) is 22.4. The fraction of sp³-hybridized carbons (Fsp3) is 0.192. The summed E-state index contributed by atoms with van der Waals surface area (Å²) in [6.45, 7) is 10.1. The smallest absolute Gasteiger partial charge is 0.124 e. The summed E-state index contributed by atoms with van der Waals surface area (Å²) in [6.07, 6.45) is 4.24. The molecule has 0 saturated carbocycles. The molecule has 0 unspecified atom stereocenters. The quantitative estimate of drug-likeness (QED) is 0.350. The summed E-state index contributed by atoms with van der Waals surface area (Å²) in [5.41, 5.74) is 5.63. The lowest BCUT2D eigenvalue weighted by Gasteiger charge is -1.98. The molecule has 0 bridgehead atoms. The first-order chi connectivity index (χ1) is 14.2. The molecule has 3 aromatic carbocycles. The van der Waals surface area contributed by atoms with Crippen molar-refractivity contribution in [2.45, 2.75) is 34.6 Å². The molecule has 0 aliphatic carbocycles. The third-order valence-corrected chi connectivity index (χ3v) is 5.14. The molecule has 150 valence electrons. The third-order valence-electron chi connectivity index (χ3n) is 4.08. The second kappa shape index (κ2) is 11.2. The van der Waals surface area contributed by atoms with Crippen molar-refractivity contribution in [2.24, 2.45) is 0 Å². The highest BCUT2D eigenvalue weighted by Gasteiger charge is 2.06. The maximum absolute atomic E-state index is 9.59. The molecule has 2 nitrogen and oxygen atoms in total. The van der Waals surface area contributed by atoms with Gasteiger partial charge in [-0.05, 0) is 36.2 Å². The van der Waals surface area contributed by atoms with Crippen molar-refractivity contribution >= 4 is 33.7 Å². The first-order valence-corrected chi connectivity index (χ1v) is 10.9. The predicted molar refractivity (Wildman–Crippen MR) is 130 cm³/mol. The average Bonchev–Trinajstić information content (AvgIpc) is 3.20. The van der Waals surface area contributed by atoms with Crippen LogP contribution >= 0.6 is 11.3 Å². The van der Waals surface area contributed by atoms with Gasteiger partial charge in [0.15, 0.2) is 0 Å². The van der Waals surface area contributed by atoms with Gasteiger partial charge in [0.25, 0.3) is 0 Å². The van der Waals surface area contributed by atoms with Crippen molar-refractivity contribution in [3.8, 4) is 16.3 Å². The molecule has 4 aromatic rings. The summed E-state index contributed by atoms with van der Waals surface area (Å²) in [4.78, 5) is 4.64. The highest BCUT2D eigenvalue weighted by atomic mass is 32.1. The zero-order valence-electron chi connectivity index (χ0n) is 17.8. The molecule has 1 aromatic heterocycles. The van der Waals surface area contributed by atoms with Crippen LogP contribution in [0.3, 0.4) is 0 Å². The average molecular weight is 404 g/mol. The Morgan fingerprint density at radius 2 is 1.31 bits per heavy atom. The molecule has 0 amide bonds. The molecular weight excluding hydrogens is 374 g/mol. The van der Waals surface area contributed by atoms with Crippen molar-refractivity contribution in [3.63, 3.8) is 0 Å².